The fourth-order valence-electron chi connectivity index (χ4n) is 1.81. The minimum atomic E-state index is -3.04. The van der Waals surface area contributed by atoms with Gasteiger partial charge in [-0.15, -0.1) is 0 Å². The molecule has 0 heterocycles. The van der Waals surface area contributed by atoms with Gasteiger partial charge in [-0.25, -0.2) is 8.42 Å². The van der Waals surface area contributed by atoms with Crippen molar-refractivity contribution in [3.05, 3.63) is 29.8 Å². The molecule has 0 amide bonds. The summed E-state index contributed by atoms with van der Waals surface area (Å²) in [5.74, 6) is 0.767. The first-order valence-corrected chi connectivity index (χ1v) is 8.76. The molecule has 0 saturated carbocycles. The summed E-state index contributed by atoms with van der Waals surface area (Å²) in [5.41, 5.74) is 1.14. The topological polar surface area (TPSA) is 55.4 Å². The van der Waals surface area contributed by atoms with Gasteiger partial charge in [0, 0.05) is 6.04 Å². The predicted octanol–water partition coefficient (Wildman–Crippen LogP) is 2.56. The molecule has 0 radical (unpaired) electrons. The van der Waals surface area contributed by atoms with Gasteiger partial charge in [0.15, 0.2) is 9.84 Å². The summed E-state index contributed by atoms with van der Waals surface area (Å²) in [4.78, 5) is 0. The Morgan fingerprint density at radius 1 is 1.25 bits per heavy atom. The fraction of sp³-hybridized carbons (Fsp3) is 0.600. The van der Waals surface area contributed by atoms with Crippen molar-refractivity contribution in [2.24, 2.45) is 0 Å². The molecule has 0 bridgehead atoms. The van der Waals surface area contributed by atoms with E-state index in [9.17, 15) is 8.42 Å². The van der Waals surface area contributed by atoms with Crippen LogP contribution in [0.2, 0.25) is 0 Å². The molecule has 1 unspecified atom stereocenters. The number of ether oxygens (including phenoxy) is 1. The summed E-state index contributed by atoms with van der Waals surface area (Å²) in [5, 5.41) is 2.98. The van der Waals surface area contributed by atoms with Crippen LogP contribution >= 0.6 is 0 Å². The zero-order chi connectivity index (χ0) is 15.2. The second-order valence-corrected chi connectivity index (χ2v) is 7.79. The van der Waals surface area contributed by atoms with Gasteiger partial charge in [-0.3, -0.25) is 0 Å². The summed E-state index contributed by atoms with van der Waals surface area (Å²) in [6.07, 6.45) is 0. The minimum absolute atomic E-state index is 0.0532. The van der Waals surface area contributed by atoms with E-state index in [1.807, 2.05) is 24.3 Å². The van der Waals surface area contributed by atoms with Gasteiger partial charge in [0.25, 0.3) is 0 Å². The van der Waals surface area contributed by atoms with Crippen molar-refractivity contribution in [1.29, 1.82) is 0 Å². The van der Waals surface area contributed by atoms with Crippen LogP contribution in [0, 0.1) is 0 Å². The van der Waals surface area contributed by atoms with E-state index in [2.05, 4.69) is 19.2 Å². The van der Waals surface area contributed by atoms with Gasteiger partial charge in [0.1, 0.15) is 12.4 Å². The zero-order valence-electron chi connectivity index (χ0n) is 12.7. The zero-order valence-corrected chi connectivity index (χ0v) is 13.5. The quantitative estimate of drug-likeness (QED) is 0.801. The molecule has 0 spiro atoms. The molecule has 4 nitrogen and oxygen atoms in total. The summed E-state index contributed by atoms with van der Waals surface area (Å²) in [6.45, 7) is 8.63. The van der Waals surface area contributed by atoms with Gasteiger partial charge in [-0.05, 0) is 45.0 Å². The Kier molecular flexibility index (Phi) is 6.49. The lowest BCUT2D eigenvalue weighted by molar-refractivity contribution is 0.339. The van der Waals surface area contributed by atoms with E-state index < -0.39 is 9.84 Å². The Morgan fingerprint density at radius 3 is 2.55 bits per heavy atom. The van der Waals surface area contributed by atoms with Crippen LogP contribution in [0.25, 0.3) is 0 Å². The molecule has 0 aliphatic heterocycles. The van der Waals surface area contributed by atoms with Crippen molar-refractivity contribution in [2.75, 3.05) is 18.9 Å². The summed E-state index contributed by atoms with van der Waals surface area (Å²) in [6, 6.07) is 8.02. The third-order valence-corrected chi connectivity index (χ3v) is 5.40. The molecule has 5 heteroatoms. The van der Waals surface area contributed by atoms with Gasteiger partial charge >= 0.3 is 0 Å². The molecule has 20 heavy (non-hydrogen) atoms. The number of nitrogens with one attached hydrogen (secondary N) is 1. The van der Waals surface area contributed by atoms with E-state index in [-0.39, 0.29) is 23.7 Å². The highest BCUT2D eigenvalue weighted by Gasteiger charge is 2.15. The normalized spacial score (nSPS) is 13.4. The molecule has 1 aromatic carbocycles. The fourth-order valence-corrected chi connectivity index (χ4v) is 2.60. The number of hydrogen-bond donors (Lipinski definition) is 1. The standard InChI is InChI=1S/C15H25NO3S/c1-5-16-13(4)14-7-6-8-15(11-14)19-9-10-20(17,18)12(2)3/h6-8,11-13,16H,5,9-10H2,1-4H3. The van der Waals surface area contributed by atoms with Gasteiger partial charge in [-0.1, -0.05) is 19.1 Å². The van der Waals surface area contributed by atoms with Crippen LogP contribution < -0.4 is 10.1 Å². The molecule has 114 valence electrons. The predicted molar refractivity (Wildman–Crippen MR) is 83.0 cm³/mol. The van der Waals surface area contributed by atoms with E-state index in [4.69, 9.17) is 4.74 Å². The van der Waals surface area contributed by atoms with Crippen LogP contribution in [0.15, 0.2) is 24.3 Å². The minimum Gasteiger partial charge on any atom is -0.493 e. The Hall–Kier alpha value is -1.07. The maximum Gasteiger partial charge on any atom is 0.155 e. The second kappa shape index (κ2) is 7.64. The number of benzene rings is 1. The lowest BCUT2D eigenvalue weighted by Crippen LogP contribution is -2.22. The van der Waals surface area contributed by atoms with E-state index in [0.29, 0.717) is 5.75 Å². The van der Waals surface area contributed by atoms with Crippen LogP contribution in [-0.4, -0.2) is 32.6 Å². The SMILES string of the molecule is CCNC(C)c1cccc(OCCS(=O)(=O)C(C)C)c1. The molecular formula is C15H25NO3S. The van der Waals surface area contributed by atoms with Crippen LogP contribution in [0.3, 0.4) is 0 Å². The highest BCUT2D eigenvalue weighted by Crippen LogP contribution is 2.19. The molecule has 0 aliphatic rings. The van der Waals surface area contributed by atoms with Gasteiger partial charge in [0.2, 0.25) is 0 Å². The van der Waals surface area contributed by atoms with Gasteiger partial charge < -0.3 is 10.1 Å². The monoisotopic (exact) mass is 299 g/mol. The van der Waals surface area contributed by atoms with Gasteiger partial charge in [-0.2, -0.15) is 0 Å². The Balaban J connectivity index is 2.59. The summed E-state index contributed by atoms with van der Waals surface area (Å²) < 4.78 is 28.9. The summed E-state index contributed by atoms with van der Waals surface area (Å²) >= 11 is 0. The van der Waals surface area contributed by atoms with Crippen LogP contribution in [0.5, 0.6) is 5.75 Å². The molecule has 0 saturated heterocycles. The van der Waals surface area contributed by atoms with Crippen molar-refractivity contribution < 1.29 is 13.2 Å². The number of sulfone groups is 1. The third kappa shape index (κ3) is 5.13. The van der Waals surface area contributed by atoms with Crippen LogP contribution in [0.4, 0.5) is 0 Å². The van der Waals surface area contributed by atoms with Crippen LogP contribution in [-0.2, 0) is 9.84 Å². The Bertz CT molecular complexity index is 512. The highest BCUT2D eigenvalue weighted by molar-refractivity contribution is 7.91. The lowest BCUT2D eigenvalue weighted by Gasteiger charge is -2.14. The van der Waals surface area contributed by atoms with E-state index in [1.165, 1.54) is 0 Å². The first-order valence-electron chi connectivity index (χ1n) is 7.04. The molecular weight excluding hydrogens is 274 g/mol. The number of hydrogen-bond acceptors (Lipinski definition) is 4. The van der Waals surface area contributed by atoms with Crippen molar-refractivity contribution >= 4 is 9.84 Å². The molecule has 1 N–H and O–H groups in total. The van der Waals surface area contributed by atoms with E-state index in [1.54, 1.807) is 13.8 Å². The molecule has 1 aromatic rings. The largest absolute Gasteiger partial charge is 0.493 e. The maximum absolute atomic E-state index is 11.7. The average Bonchev–Trinajstić information content (AvgIpc) is 2.39. The van der Waals surface area contributed by atoms with Crippen LogP contribution in [0.1, 0.15) is 39.3 Å². The molecule has 0 aliphatic carbocycles. The van der Waals surface area contributed by atoms with E-state index >= 15 is 0 Å². The molecule has 1 atom stereocenters. The average molecular weight is 299 g/mol. The highest BCUT2D eigenvalue weighted by atomic mass is 32.2. The maximum atomic E-state index is 11.7. The van der Waals surface area contributed by atoms with Crippen molar-refractivity contribution in [3.63, 3.8) is 0 Å². The Labute approximate surface area is 122 Å². The Morgan fingerprint density at radius 2 is 1.95 bits per heavy atom. The smallest absolute Gasteiger partial charge is 0.155 e. The van der Waals surface area contributed by atoms with Crippen molar-refractivity contribution in [3.8, 4) is 5.75 Å². The van der Waals surface area contributed by atoms with E-state index in [0.717, 1.165) is 12.1 Å². The number of rotatable bonds is 8. The molecule has 1 rings (SSSR count). The lowest BCUT2D eigenvalue weighted by atomic mass is 10.1. The molecule has 0 aromatic heterocycles. The third-order valence-electron chi connectivity index (χ3n) is 3.22. The van der Waals surface area contributed by atoms with Crippen molar-refractivity contribution in [2.45, 2.75) is 39.0 Å². The second-order valence-electron chi connectivity index (χ2n) is 5.12. The van der Waals surface area contributed by atoms with Crippen molar-refractivity contribution in [1.82, 2.24) is 5.32 Å². The summed E-state index contributed by atoms with van der Waals surface area (Å²) in [7, 11) is -3.04. The first kappa shape index (κ1) is 17.0. The molecule has 0 fully saturated rings. The van der Waals surface area contributed by atoms with Gasteiger partial charge in [0.05, 0.1) is 11.0 Å². The first-order chi connectivity index (χ1) is 9.36.